The predicted octanol–water partition coefficient (Wildman–Crippen LogP) is 2.49. The first-order valence-electron chi connectivity index (χ1n) is 6.53. The third-order valence-corrected chi connectivity index (χ3v) is 2.72. The van der Waals surface area contributed by atoms with Crippen molar-refractivity contribution in [3.05, 3.63) is 29.3 Å². The highest BCUT2D eigenvalue weighted by atomic mass is 16.5. The quantitative estimate of drug-likeness (QED) is 0.810. The number of hydrogen-bond donors (Lipinski definition) is 1. The second-order valence-electron chi connectivity index (χ2n) is 4.78. The van der Waals surface area contributed by atoms with Gasteiger partial charge in [0.2, 0.25) is 0 Å². The Bertz CT molecular complexity index is 483. The molecule has 1 rings (SSSR count). The summed E-state index contributed by atoms with van der Waals surface area (Å²) < 4.78 is 10.2. The van der Waals surface area contributed by atoms with Gasteiger partial charge in [-0.3, -0.25) is 9.59 Å². The molecule has 0 aliphatic heterocycles. The molecule has 0 atom stereocenters. The molecule has 1 N–H and O–H groups in total. The minimum atomic E-state index is -0.330. The van der Waals surface area contributed by atoms with Crippen LogP contribution in [0.25, 0.3) is 0 Å². The van der Waals surface area contributed by atoms with E-state index in [0.717, 1.165) is 16.8 Å². The fourth-order valence-corrected chi connectivity index (χ4v) is 1.60. The van der Waals surface area contributed by atoms with Gasteiger partial charge in [-0.1, -0.05) is 19.9 Å². The molecular formula is C15H21NO4. The molecule has 0 spiro atoms. The highest BCUT2D eigenvalue weighted by molar-refractivity contribution is 5.71. The van der Waals surface area contributed by atoms with Crippen LogP contribution < -0.4 is 5.32 Å². The van der Waals surface area contributed by atoms with Gasteiger partial charge >= 0.3 is 11.9 Å². The fraction of sp³-hybridized carbons (Fsp3) is 0.467. The Balaban J connectivity index is 2.75. The molecule has 1 aromatic rings. The largest absolute Gasteiger partial charge is 0.461 e. The molecule has 0 bridgehead atoms. The maximum Gasteiger partial charge on any atom is 0.308 e. The van der Waals surface area contributed by atoms with Crippen molar-refractivity contribution in [3.8, 4) is 0 Å². The lowest BCUT2D eigenvalue weighted by molar-refractivity contribution is -0.148. The van der Waals surface area contributed by atoms with Crippen LogP contribution in [-0.4, -0.2) is 19.0 Å². The first kappa shape index (κ1) is 16.0. The van der Waals surface area contributed by atoms with Crippen LogP contribution in [0.1, 0.15) is 31.9 Å². The molecule has 5 heteroatoms. The van der Waals surface area contributed by atoms with Crippen LogP contribution in [0.2, 0.25) is 0 Å². The van der Waals surface area contributed by atoms with Crippen LogP contribution in [0.5, 0.6) is 0 Å². The minimum Gasteiger partial charge on any atom is -0.461 e. The molecule has 0 fully saturated rings. The van der Waals surface area contributed by atoms with Crippen molar-refractivity contribution in [2.45, 2.75) is 34.0 Å². The first-order valence-corrected chi connectivity index (χ1v) is 6.53. The van der Waals surface area contributed by atoms with E-state index in [-0.39, 0.29) is 31.1 Å². The highest BCUT2D eigenvalue weighted by Gasteiger charge is 2.10. The van der Waals surface area contributed by atoms with Crippen LogP contribution >= 0.6 is 0 Å². The van der Waals surface area contributed by atoms with Crippen molar-refractivity contribution in [3.63, 3.8) is 0 Å². The van der Waals surface area contributed by atoms with Crippen molar-refractivity contribution in [1.29, 1.82) is 0 Å². The highest BCUT2D eigenvalue weighted by Crippen LogP contribution is 2.19. The fourth-order valence-electron chi connectivity index (χ4n) is 1.60. The van der Waals surface area contributed by atoms with Gasteiger partial charge in [-0.15, -0.1) is 0 Å². The Morgan fingerprint density at radius 2 is 1.90 bits per heavy atom. The van der Waals surface area contributed by atoms with Gasteiger partial charge in [0.15, 0.2) is 0 Å². The summed E-state index contributed by atoms with van der Waals surface area (Å²) in [6.07, 6.45) is 0. The van der Waals surface area contributed by atoms with E-state index in [1.807, 2.05) is 18.2 Å². The summed E-state index contributed by atoms with van der Waals surface area (Å²) in [7, 11) is 1.80. The summed E-state index contributed by atoms with van der Waals surface area (Å²) in [4.78, 5) is 22.3. The number of benzene rings is 1. The summed E-state index contributed by atoms with van der Waals surface area (Å²) in [5, 5.41) is 3.03. The number of ether oxygens (including phenoxy) is 2. The van der Waals surface area contributed by atoms with E-state index in [0.29, 0.717) is 0 Å². The Hall–Kier alpha value is -2.04. The zero-order valence-electron chi connectivity index (χ0n) is 12.4. The third-order valence-electron chi connectivity index (χ3n) is 2.72. The molecular weight excluding hydrogens is 258 g/mol. The molecule has 110 valence electrons. The molecule has 0 aromatic heterocycles. The number of anilines is 1. The zero-order valence-corrected chi connectivity index (χ0v) is 12.4. The van der Waals surface area contributed by atoms with Crippen molar-refractivity contribution in [2.75, 3.05) is 12.4 Å². The molecule has 0 aliphatic carbocycles. The van der Waals surface area contributed by atoms with E-state index in [4.69, 9.17) is 9.47 Å². The van der Waals surface area contributed by atoms with Crippen LogP contribution in [-0.2, 0) is 32.3 Å². The average Bonchev–Trinajstić information content (AvgIpc) is 2.42. The van der Waals surface area contributed by atoms with Gasteiger partial charge in [0.25, 0.3) is 0 Å². The Labute approximate surface area is 119 Å². The zero-order chi connectivity index (χ0) is 15.1. The lowest BCUT2D eigenvalue weighted by Crippen LogP contribution is -2.11. The van der Waals surface area contributed by atoms with Crippen LogP contribution in [0.3, 0.4) is 0 Å². The minimum absolute atomic E-state index is 0.146. The Morgan fingerprint density at radius 1 is 1.20 bits per heavy atom. The number of hydrogen-bond acceptors (Lipinski definition) is 5. The van der Waals surface area contributed by atoms with Crippen molar-refractivity contribution in [2.24, 2.45) is 5.92 Å². The normalized spacial score (nSPS) is 10.2. The van der Waals surface area contributed by atoms with Gasteiger partial charge < -0.3 is 14.8 Å². The average molecular weight is 279 g/mol. The van der Waals surface area contributed by atoms with Crippen LogP contribution in [0.15, 0.2) is 18.2 Å². The van der Waals surface area contributed by atoms with E-state index in [9.17, 15) is 9.59 Å². The lowest BCUT2D eigenvalue weighted by atomic mass is 10.1. The maximum absolute atomic E-state index is 11.4. The number of rotatable bonds is 6. The lowest BCUT2D eigenvalue weighted by Gasteiger charge is -2.12. The van der Waals surface area contributed by atoms with Gasteiger partial charge in [-0.25, -0.2) is 0 Å². The standard InChI is InChI=1S/C15H21NO4/c1-10(2)15(18)20-8-12-5-6-14(16-4)13(7-12)9-19-11(3)17/h5-7,10,16H,8-9H2,1-4H3. The van der Waals surface area contributed by atoms with Gasteiger partial charge in [0.05, 0.1) is 5.92 Å². The predicted molar refractivity (Wildman–Crippen MR) is 76.1 cm³/mol. The van der Waals surface area contributed by atoms with E-state index >= 15 is 0 Å². The van der Waals surface area contributed by atoms with Gasteiger partial charge in [-0.2, -0.15) is 0 Å². The monoisotopic (exact) mass is 279 g/mol. The van der Waals surface area contributed by atoms with Gasteiger partial charge in [0, 0.05) is 25.2 Å². The smallest absolute Gasteiger partial charge is 0.308 e. The molecule has 0 saturated heterocycles. The second-order valence-corrected chi connectivity index (χ2v) is 4.78. The van der Waals surface area contributed by atoms with Crippen LogP contribution in [0.4, 0.5) is 5.69 Å². The second kappa shape index (κ2) is 7.53. The van der Waals surface area contributed by atoms with Crippen molar-refractivity contribution < 1.29 is 19.1 Å². The van der Waals surface area contributed by atoms with Crippen LogP contribution in [0, 0.1) is 5.92 Å². The first-order chi connectivity index (χ1) is 9.43. The molecule has 0 unspecified atom stereocenters. The van der Waals surface area contributed by atoms with E-state index in [1.165, 1.54) is 6.92 Å². The summed E-state index contributed by atoms with van der Waals surface area (Å²) in [5.74, 6) is -0.708. The number of esters is 2. The maximum atomic E-state index is 11.4. The molecule has 0 radical (unpaired) electrons. The molecule has 0 saturated carbocycles. The number of carbonyl (C=O) groups excluding carboxylic acids is 2. The molecule has 1 aromatic carbocycles. The molecule has 0 aliphatic rings. The molecule has 0 amide bonds. The van der Waals surface area contributed by atoms with Crippen molar-refractivity contribution >= 4 is 17.6 Å². The molecule has 0 heterocycles. The Morgan fingerprint density at radius 3 is 2.45 bits per heavy atom. The third kappa shape index (κ3) is 4.91. The number of nitrogens with one attached hydrogen (secondary N) is 1. The van der Waals surface area contributed by atoms with E-state index in [1.54, 1.807) is 20.9 Å². The SMILES string of the molecule is CNc1ccc(COC(=O)C(C)C)cc1COC(C)=O. The van der Waals surface area contributed by atoms with E-state index in [2.05, 4.69) is 5.32 Å². The molecule has 5 nitrogen and oxygen atoms in total. The van der Waals surface area contributed by atoms with Crippen molar-refractivity contribution in [1.82, 2.24) is 0 Å². The van der Waals surface area contributed by atoms with Gasteiger partial charge in [-0.05, 0) is 17.7 Å². The summed E-state index contributed by atoms with van der Waals surface area (Å²) >= 11 is 0. The summed E-state index contributed by atoms with van der Waals surface area (Å²) in [6, 6.07) is 5.61. The van der Waals surface area contributed by atoms with E-state index < -0.39 is 0 Å². The Kier molecular flexibility index (Phi) is 6.03. The summed E-state index contributed by atoms with van der Waals surface area (Å²) in [5.41, 5.74) is 2.59. The number of carbonyl (C=O) groups is 2. The van der Waals surface area contributed by atoms with Gasteiger partial charge in [0.1, 0.15) is 13.2 Å². The topological polar surface area (TPSA) is 64.6 Å². The molecule has 20 heavy (non-hydrogen) atoms. The summed E-state index contributed by atoms with van der Waals surface area (Å²) in [6.45, 7) is 5.36.